The van der Waals surface area contributed by atoms with E-state index < -0.39 is 11.8 Å². The number of ether oxygens (including phenoxy) is 1. The molecule has 0 aliphatic carbocycles. The molecule has 1 aliphatic rings. The minimum absolute atomic E-state index is 0.151. The van der Waals surface area contributed by atoms with Gasteiger partial charge in [-0.3, -0.25) is 25.2 Å². The lowest BCUT2D eigenvalue weighted by molar-refractivity contribution is -0.128. The summed E-state index contributed by atoms with van der Waals surface area (Å²) >= 11 is 0. The Kier molecular flexibility index (Phi) is 6.43. The Labute approximate surface area is 168 Å². The Morgan fingerprint density at radius 1 is 1.07 bits per heavy atom. The van der Waals surface area contributed by atoms with Crippen LogP contribution in [0.25, 0.3) is 0 Å². The fraction of sp³-hybridized carbons (Fsp3) is 0.238. The Bertz CT molecular complexity index is 933. The first-order valence-corrected chi connectivity index (χ1v) is 9.14. The van der Waals surface area contributed by atoms with Crippen molar-refractivity contribution in [3.8, 4) is 11.8 Å². The number of benzene rings is 2. The first-order valence-electron chi connectivity index (χ1n) is 9.14. The van der Waals surface area contributed by atoms with E-state index in [9.17, 15) is 14.4 Å². The third kappa shape index (κ3) is 5.56. The molecule has 8 heteroatoms. The molecular formula is C21H20N4O4. The molecule has 2 aromatic carbocycles. The van der Waals surface area contributed by atoms with Gasteiger partial charge in [-0.05, 0) is 48.4 Å². The normalized spacial score (nSPS) is 12.9. The van der Waals surface area contributed by atoms with Gasteiger partial charge < -0.3 is 9.64 Å². The maximum absolute atomic E-state index is 12.1. The molecule has 2 aromatic rings. The van der Waals surface area contributed by atoms with Crippen molar-refractivity contribution in [2.45, 2.75) is 19.4 Å². The molecule has 2 N–H and O–H groups in total. The van der Waals surface area contributed by atoms with Gasteiger partial charge in [-0.1, -0.05) is 12.1 Å². The lowest BCUT2D eigenvalue weighted by Gasteiger charge is -2.15. The summed E-state index contributed by atoms with van der Waals surface area (Å²) in [7, 11) is 0. The van der Waals surface area contributed by atoms with E-state index in [1.165, 1.54) is 0 Å². The maximum atomic E-state index is 12.1. The van der Waals surface area contributed by atoms with E-state index in [2.05, 4.69) is 10.9 Å². The number of hydrazine groups is 1. The molecule has 0 aromatic heterocycles. The van der Waals surface area contributed by atoms with Crippen LogP contribution in [0.5, 0.6) is 5.75 Å². The highest BCUT2D eigenvalue weighted by Gasteiger charge is 2.20. The predicted octanol–water partition coefficient (Wildman–Crippen LogP) is 1.52. The molecular weight excluding hydrogens is 372 g/mol. The van der Waals surface area contributed by atoms with Crippen molar-refractivity contribution in [1.82, 2.24) is 15.8 Å². The van der Waals surface area contributed by atoms with Gasteiger partial charge in [0.15, 0.2) is 6.61 Å². The van der Waals surface area contributed by atoms with Gasteiger partial charge in [0.05, 0.1) is 11.6 Å². The van der Waals surface area contributed by atoms with Crippen molar-refractivity contribution in [3.63, 3.8) is 0 Å². The largest absolute Gasteiger partial charge is 0.484 e. The second-order valence-corrected chi connectivity index (χ2v) is 6.54. The molecule has 148 valence electrons. The number of nitrogens with one attached hydrogen (secondary N) is 2. The SMILES string of the molecule is N#Cc1ccc(OCC(=O)NNC(=O)c2ccc(CN3CCCC3=O)cc2)cc1. The van der Waals surface area contributed by atoms with Gasteiger partial charge in [-0.25, -0.2) is 0 Å². The van der Waals surface area contributed by atoms with E-state index in [1.807, 2.05) is 6.07 Å². The molecule has 3 amide bonds. The molecule has 1 saturated heterocycles. The highest BCUT2D eigenvalue weighted by Crippen LogP contribution is 2.15. The summed E-state index contributed by atoms with van der Waals surface area (Å²) < 4.78 is 5.29. The first-order chi connectivity index (χ1) is 14.0. The zero-order chi connectivity index (χ0) is 20.6. The quantitative estimate of drug-likeness (QED) is 0.724. The average Bonchev–Trinajstić information content (AvgIpc) is 3.15. The Hall–Kier alpha value is -3.86. The molecule has 0 spiro atoms. The maximum Gasteiger partial charge on any atom is 0.276 e. The van der Waals surface area contributed by atoms with Crippen molar-refractivity contribution < 1.29 is 19.1 Å². The number of carbonyl (C=O) groups is 3. The van der Waals surface area contributed by atoms with E-state index in [0.717, 1.165) is 18.5 Å². The zero-order valence-corrected chi connectivity index (χ0v) is 15.7. The first kappa shape index (κ1) is 19.9. The Morgan fingerprint density at radius 2 is 1.79 bits per heavy atom. The molecule has 8 nitrogen and oxygen atoms in total. The predicted molar refractivity (Wildman–Crippen MR) is 103 cm³/mol. The third-order valence-electron chi connectivity index (χ3n) is 4.43. The van der Waals surface area contributed by atoms with Crippen LogP contribution in [-0.2, 0) is 16.1 Å². The molecule has 1 heterocycles. The molecule has 1 fully saturated rings. The minimum atomic E-state index is -0.521. The van der Waals surface area contributed by atoms with Gasteiger partial charge in [-0.2, -0.15) is 5.26 Å². The van der Waals surface area contributed by atoms with Crippen molar-refractivity contribution in [2.24, 2.45) is 0 Å². The van der Waals surface area contributed by atoms with Crippen LogP contribution in [0, 0.1) is 11.3 Å². The molecule has 0 atom stereocenters. The van der Waals surface area contributed by atoms with Gasteiger partial charge >= 0.3 is 0 Å². The number of likely N-dealkylation sites (tertiary alicyclic amines) is 1. The van der Waals surface area contributed by atoms with E-state index in [-0.39, 0.29) is 12.5 Å². The second kappa shape index (κ2) is 9.37. The van der Waals surface area contributed by atoms with Crippen LogP contribution in [-0.4, -0.2) is 35.8 Å². The number of hydrogen-bond acceptors (Lipinski definition) is 5. The van der Waals surface area contributed by atoms with Crippen LogP contribution >= 0.6 is 0 Å². The lowest BCUT2D eigenvalue weighted by atomic mass is 10.1. The Balaban J connectivity index is 1.42. The average molecular weight is 392 g/mol. The number of hydrogen-bond donors (Lipinski definition) is 2. The molecule has 0 unspecified atom stereocenters. The summed E-state index contributed by atoms with van der Waals surface area (Å²) in [5, 5.41) is 8.74. The van der Waals surface area contributed by atoms with Crippen LogP contribution in [0.2, 0.25) is 0 Å². The number of nitrogens with zero attached hydrogens (tertiary/aromatic N) is 2. The van der Waals surface area contributed by atoms with Crippen LogP contribution in [0.1, 0.15) is 34.3 Å². The standard InChI is InChI=1S/C21H20N4O4/c22-12-15-5-9-18(10-6-15)29-14-19(26)23-24-21(28)17-7-3-16(4-8-17)13-25-11-1-2-20(25)27/h3-10H,1-2,11,13-14H2,(H,23,26)(H,24,28). The topological polar surface area (TPSA) is 112 Å². The lowest BCUT2D eigenvalue weighted by Crippen LogP contribution is -2.43. The van der Waals surface area contributed by atoms with E-state index in [4.69, 9.17) is 10.00 Å². The van der Waals surface area contributed by atoms with Gasteiger partial charge in [-0.15, -0.1) is 0 Å². The van der Waals surface area contributed by atoms with Crippen LogP contribution in [0.3, 0.4) is 0 Å². The van der Waals surface area contributed by atoms with Gasteiger partial charge in [0.2, 0.25) is 5.91 Å². The minimum Gasteiger partial charge on any atom is -0.484 e. The van der Waals surface area contributed by atoms with Gasteiger partial charge in [0.25, 0.3) is 11.8 Å². The van der Waals surface area contributed by atoms with E-state index >= 15 is 0 Å². The summed E-state index contributed by atoms with van der Waals surface area (Å²) in [6.45, 7) is 1.01. The fourth-order valence-corrected chi connectivity index (χ4v) is 2.86. The smallest absolute Gasteiger partial charge is 0.276 e. The van der Waals surface area contributed by atoms with Crippen molar-refractivity contribution in [2.75, 3.05) is 13.2 Å². The van der Waals surface area contributed by atoms with E-state index in [1.54, 1.807) is 53.4 Å². The second-order valence-electron chi connectivity index (χ2n) is 6.54. The molecule has 0 bridgehead atoms. The molecule has 3 rings (SSSR count). The fourth-order valence-electron chi connectivity index (χ4n) is 2.86. The number of rotatable bonds is 6. The number of nitriles is 1. The summed E-state index contributed by atoms with van der Waals surface area (Å²) in [6, 6.07) is 15.2. The summed E-state index contributed by atoms with van der Waals surface area (Å²) in [4.78, 5) is 37.4. The number of carbonyl (C=O) groups excluding carboxylic acids is 3. The molecule has 0 radical (unpaired) electrons. The van der Waals surface area contributed by atoms with E-state index in [0.29, 0.717) is 29.8 Å². The van der Waals surface area contributed by atoms with Crippen molar-refractivity contribution in [3.05, 3.63) is 65.2 Å². The van der Waals surface area contributed by atoms with Gasteiger partial charge in [0.1, 0.15) is 5.75 Å². The number of amides is 3. The summed E-state index contributed by atoms with van der Waals surface area (Å²) in [6.07, 6.45) is 1.48. The summed E-state index contributed by atoms with van der Waals surface area (Å²) in [5.41, 5.74) is 6.43. The van der Waals surface area contributed by atoms with Crippen molar-refractivity contribution >= 4 is 17.7 Å². The highest BCUT2D eigenvalue weighted by molar-refractivity contribution is 5.95. The molecule has 1 aliphatic heterocycles. The van der Waals surface area contributed by atoms with Crippen LogP contribution in [0.15, 0.2) is 48.5 Å². The van der Waals surface area contributed by atoms with Crippen LogP contribution < -0.4 is 15.6 Å². The molecule has 29 heavy (non-hydrogen) atoms. The third-order valence-corrected chi connectivity index (χ3v) is 4.43. The summed E-state index contributed by atoms with van der Waals surface area (Å²) in [5.74, 6) is -0.386. The van der Waals surface area contributed by atoms with Gasteiger partial charge in [0, 0.05) is 25.1 Å². The zero-order valence-electron chi connectivity index (χ0n) is 15.7. The van der Waals surface area contributed by atoms with Crippen molar-refractivity contribution in [1.29, 1.82) is 5.26 Å². The monoisotopic (exact) mass is 392 g/mol. The molecule has 0 saturated carbocycles. The van der Waals surface area contributed by atoms with Crippen LogP contribution in [0.4, 0.5) is 0 Å². The highest BCUT2D eigenvalue weighted by atomic mass is 16.5. The Morgan fingerprint density at radius 3 is 2.41 bits per heavy atom.